The van der Waals surface area contributed by atoms with Crippen molar-refractivity contribution in [2.45, 2.75) is 18.9 Å². The van der Waals surface area contributed by atoms with Gasteiger partial charge in [0.25, 0.3) is 0 Å². The highest BCUT2D eigenvalue weighted by atomic mass is 16.6. The second-order valence-electron chi connectivity index (χ2n) is 4.90. The topological polar surface area (TPSA) is 39.7 Å². The van der Waals surface area contributed by atoms with Gasteiger partial charge in [0.15, 0.2) is 11.5 Å². The standard InChI is InChI=1S/C14H19NO3/c1-16-9-12(10-2-3-10)15-11-4-5-13-14(8-11)18-7-6-17-13/h4-5,8,10,12,15H,2-3,6-7,9H2,1H3. The Bertz CT molecular complexity index is 418. The van der Waals surface area contributed by atoms with Gasteiger partial charge in [0.1, 0.15) is 13.2 Å². The average Bonchev–Trinajstić information content (AvgIpc) is 3.22. The molecule has 0 radical (unpaired) electrons. The van der Waals surface area contributed by atoms with Crippen LogP contribution in [0.4, 0.5) is 5.69 Å². The van der Waals surface area contributed by atoms with E-state index in [1.165, 1.54) is 12.8 Å². The van der Waals surface area contributed by atoms with Gasteiger partial charge in [0, 0.05) is 18.9 Å². The third kappa shape index (κ3) is 2.53. The molecule has 1 aromatic rings. The molecule has 0 spiro atoms. The van der Waals surface area contributed by atoms with Gasteiger partial charge in [-0.25, -0.2) is 0 Å². The van der Waals surface area contributed by atoms with Crippen LogP contribution in [0.3, 0.4) is 0 Å². The van der Waals surface area contributed by atoms with Crippen LogP contribution in [0.1, 0.15) is 12.8 Å². The van der Waals surface area contributed by atoms with Crippen molar-refractivity contribution in [2.75, 3.05) is 32.2 Å². The first-order chi connectivity index (χ1) is 8.86. The Kier molecular flexibility index (Phi) is 3.28. The molecule has 1 saturated carbocycles. The summed E-state index contributed by atoms with van der Waals surface area (Å²) >= 11 is 0. The first-order valence-corrected chi connectivity index (χ1v) is 6.52. The molecule has 1 atom stereocenters. The number of methoxy groups -OCH3 is 1. The van der Waals surface area contributed by atoms with Crippen molar-refractivity contribution in [3.8, 4) is 11.5 Å². The van der Waals surface area contributed by atoms with Crippen LogP contribution in [-0.2, 0) is 4.74 Å². The molecule has 1 heterocycles. The van der Waals surface area contributed by atoms with Crippen molar-refractivity contribution in [1.82, 2.24) is 0 Å². The Morgan fingerprint density at radius 3 is 2.78 bits per heavy atom. The molecular formula is C14H19NO3. The highest BCUT2D eigenvalue weighted by molar-refractivity contribution is 5.55. The second-order valence-corrected chi connectivity index (χ2v) is 4.90. The van der Waals surface area contributed by atoms with Crippen LogP contribution in [0.5, 0.6) is 11.5 Å². The van der Waals surface area contributed by atoms with Crippen molar-refractivity contribution in [2.24, 2.45) is 5.92 Å². The number of ether oxygens (including phenoxy) is 3. The highest BCUT2D eigenvalue weighted by Crippen LogP contribution is 2.36. The predicted molar refractivity (Wildman–Crippen MR) is 69.4 cm³/mol. The molecule has 3 rings (SSSR count). The summed E-state index contributed by atoms with van der Waals surface area (Å²) in [5.41, 5.74) is 1.08. The molecule has 1 aliphatic heterocycles. The minimum atomic E-state index is 0.401. The van der Waals surface area contributed by atoms with Crippen LogP contribution < -0.4 is 14.8 Å². The molecule has 2 aliphatic rings. The van der Waals surface area contributed by atoms with Gasteiger partial charge in [-0.15, -0.1) is 0 Å². The lowest BCUT2D eigenvalue weighted by molar-refractivity contribution is 0.171. The molecule has 1 unspecified atom stereocenters. The highest BCUT2D eigenvalue weighted by Gasteiger charge is 2.31. The number of hydrogen-bond donors (Lipinski definition) is 1. The fraction of sp³-hybridized carbons (Fsp3) is 0.571. The van der Waals surface area contributed by atoms with Crippen LogP contribution in [0.2, 0.25) is 0 Å². The fourth-order valence-electron chi connectivity index (χ4n) is 2.32. The molecule has 0 saturated heterocycles. The van der Waals surface area contributed by atoms with E-state index in [2.05, 4.69) is 5.32 Å². The lowest BCUT2D eigenvalue weighted by atomic mass is 10.1. The second kappa shape index (κ2) is 5.06. The van der Waals surface area contributed by atoms with E-state index in [0.717, 1.165) is 29.7 Å². The molecule has 1 fully saturated rings. The summed E-state index contributed by atoms with van der Waals surface area (Å²) < 4.78 is 16.4. The lowest BCUT2D eigenvalue weighted by Crippen LogP contribution is -2.27. The van der Waals surface area contributed by atoms with E-state index in [0.29, 0.717) is 19.3 Å². The maximum Gasteiger partial charge on any atom is 0.163 e. The number of hydrogen-bond acceptors (Lipinski definition) is 4. The molecule has 0 bridgehead atoms. The molecule has 0 amide bonds. The number of nitrogens with one attached hydrogen (secondary N) is 1. The summed E-state index contributed by atoms with van der Waals surface area (Å²) in [6, 6.07) is 6.42. The minimum Gasteiger partial charge on any atom is -0.486 e. The van der Waals surface area contributed by atoms with Crippen molar-refractivity contribution in [3.05, 3.63) is 18.2 Å². The summed E-state index contributed by atoms with van der Waals surface area (Å²) in [6.07, 6.45) is 2.59. The fourth-order valence-corrected chi connectivity index (χ4v) is 2.32. The quantitative estimate of drug-likeness (QED) is 0.869. The van der Waals surface area contributed by atoms with E-state index in [9.17, 15) is 0 Å². The maximum absolute atomic E-state index is 5.59. The molecule has 1 aromatic carbocycles. The predicted octanol–water partition coefficient (Wildman–Crippen LogP) is 2.29. The number of benzene rings is 1. The molecule has 4 heteroatoms. The molecule has 1 N–H and O–H groups in total. The summed E-state index contributed by atoms with van der Waals surface area (Å²) in [4.78, 5) is 0. The SMILES string of the molecule is COCC(Nc1ccc2c(c1)OCCO2)C1CC1. The van der Waals surface area contributed by atoms with E-state index >= 15 is 0 Å². The minimum absolute atomic E-state index is 0.401. The first-order valence-electron chi connectivity index (χ1n) is 6.52. The van der Waals surface area contributed by atoms with Gasteiger partial charge in [-0.3, -0.25) is 0 Å². The normalized spacial score (nSPS) is 19.4. The third-order valence-corrected chi connectivity index (χ3v) is 3.43. The largest absolute Gasteiger partial charge is 0.486 e. The van der Waals surface area contributed by atoms with Crippen LogP contribution in [-0.4, -0.2) is 33.0 Å². The van der Waals surface area contributed by atoms with Gasteiger partial charge in [0.05, 0.1) is 12.6 Å². The van der Waals surface area contributed by atoms with Crippen molar-refractivity contribution >= 4 is 5.69 Å². The van der Waals surface area contributed by atoms with E-state index in [4.69, 9.17) is 14.2 Å². The molecule has 98 valence electrons. The number of fused-ring (bicyclic) bond motifs is 1. The van der Waals surface area contributed by atoms with E-state index in [-0.39, 0.29) is 0 Å². The molecule has 0 aromatic heterocycles. The Hall–Kier alpha value is -1.42. The smallest absolute Gasteiger partial charge is 0.163 e. The van der Waals surface area contributed by atoms with Crippen molar-refractivity contribution in [3.63, 3.8) is 0 Å². The summed E-state index contributed by atoms with van der Waals surface area (Å²) in [7, 11) is 1.75. The van der Waals surface area contributed by atoms with E-state index < -0.39 is 0 Å². The monoisotopic (exact) mass is 249 g/mol. The lowest BCUT2D eigenvalue weighted by Gasteiger charge is -2.22. The van der Waals surface area contributed by atoms with Crippen LogP contribution in [0, 0.1) is 5.92 Å². The Morgan fingerprint density at radius 1 is 1.28 bits per heavy atom. The van der Waals surface area contributed by atoms with Crippen LogP contribution in [0.15, 0.2) is 18.2 Å². The third-order valence-electron chi connectivity index (χ3n) is 3.43. The zero-order chi connectivity index (χ0) is 12.4. The average molecular weight is 249 g/mol. The molecule has 4 nitrogen and oxygen atoms in total. The van der Waals surface area contributed by atoms with Crippen LogP contribution in [0.25, 0.3) is 0 Å². The zero-order valence-corrected chi connectivity index (χ0v) is 10.6. The Balaban J connectivity index is 1.71. The first kappa shape index (κ1) is 11.7. The van der Waals surface area contributed by atoms with Gasteiger partial charge in [-0.05, 0) is 30.9 Å². The number of rotatable bonds is 5. The molecular weight excluding hydrogens is 230 g/mol. The number of anilines is 1. The van der Waals surface area contributed by atoms with Crippen LogP contribution >= 0.6 is 0 Å². The Labute approximate surface area is 107 Å². The Morgan fingerprint density at radius 2 is 2.06 bits per heavy atom. The molecule has 1 aliphatic carbocycles. The van der Waals surface area contributed by atoms with Gasteiger partial charge in [-0.2, -0.15) is 0 Å². The van der Waals surface area contributed by atoms with Gasteiger partial charge in [0.2, 0.25) is 0 Å². The molecule has 18 heavy (non-hydrogen) atoms. The zero-order valence-electron chi connectivity index (χ0n) is 10.6. The summed E-state index contributed by atoms with van der Waals surface area (Å²) in [5, 5.41) is 3.53. The van der Waals surface area contributed by atoms with Crippen molar-refractivity contribution in [1.29, 1.82) is 0 Å². The summed E-state index contributed by atoms with van der Waals surface area (Å²) in [5.74, 6) is 2.41. The maximum atomic E-state index is 5.59. The van der Waals surface area contributed by atoms with Crippen molar-refractivity contribution < 1.29 is 14.2 Å². The van der Waals surface area contributed by atoms with Gasteiger partial charge >= 0.3 is 0 Å². The van der Waals surface area contributed by atoms with Gasteiger partial charge < -0.3 is 19.5 Å². The van der Waals surface area contributed by atoms with E-state index in [1.54, 1.807) is 7.11 Å². The van der Waals surface area contributed by atoms with E-state index in [1.807, 2.05) is 18.2 Å². The van der Waals surface area contributed by atoms with Gasteiger partial charge in [-0.1, -0.05) is 0 Å². The summed E-state index contributed by atoms with van der Waals surface area (Å²) in [6.45, 7) is 2.01.